The molecule has 1 aromatic carbocycles. The van der Waals surface area contributed by atoms with E-state index in [1.54, 1.807) is 18.2 Å². The molecule has 1 fully saturated rings. The minimum atomic E-state index is 0.0357. The Morgan fingerprint density at radius 3 is 2.44 bits per heavy atom. The zero-order valence-corrected chi connectivity index (χ0v) is 10.9. The molecular formula is C14H21N3O. The van der Waals surface area contributed by atoms with Gasteiger partial charge in [-0.25, -0.2) is 0 Å². The number of nitrogen functional groups attached to an aromatic ring is 2. The molecule has 0 bridgehead atoms. The van der Waals surface area contributed by atoms with Crippen LogP contribution in [0.25, 0.3) is 0 Å². The van der Waals surface area contributed by atoms with E-state index in [-0.39, 0.29) is 5.91 Å². The zero-order chi connectivity index (χ0) is 13.1. The van der Waals surface area contributed by atoms with Crippen LogP contribution in [-0.2, 0) is 0 Å². The number of hydrogen-bond donors (Lipinski definition) is 2. The molecule has 4 nitrogen and oxygen atoms in total. The Bertz CT molecular complexity index is 439. The molecule has 1 aliphatic rings. The Balaban J connectivity index is 2.11. The monoisotopic (exact) mass is 247 g/mol. The molecule has 0 atom stereocenters. The number of nitrogens with zero attached hydrogens (tertiary/aromatic N) is 1. The summed E-state index contributed by atoms with van der Waals surface area (Å²) in [6.45, 7) is 0. The molecule has 4 N–H and O–H groups in total. The molecule has 18 heavy (non-hydrogen) atoms. The first-order chi connectivity index (χ1) is 8.59. The molecule has 1 aromatic rings. The van der Waals surface area contributed by atoms with Gasteiger partial charge in [0.2, 0.25) is 0 Å². The highest BCUT2D eigenvalue weighted by Crippen LogP contribution is 2.24. The molecule has 0 aromatic heterocycles. The van der Waals surface area contributed by atoms with Crippen molar-refractivity contribution < 1.29 is 4.79 Å². The first-order valence-corrected chi connectivity index (χ1v) is 6.52. The summed E-state index contributed by atoms with van der Waals surface area (Å²) >= 11 is 0. The number of carbonyl (C=O) groups excluding carboxylic acids is 1. The van der Waals surface area contributed by atoms with E-state index in [9.17, 15) is 4.79 Å². The zero-order valence-electron chi connectivity index (χ0n) is 10.9. The molecular weight excluding hydrogens is 226 g/mol. The fourth-order valence-electron chi connectivity index (χ4n) is 2.55. The van der Waals surface area contributed by atoms with Gasteiger partial charge in [0, 0.05) is 18.7 Å². The lowest BCUT2D eigenvalue weighted by atomic mass is 9.94. The van der Waals surface area contributed by atoms with Gasteiger partial charge in [-0.2, -0.15) is 0 Å². The van der Waals surface area contributed by atoms with Crippen LogP contribution in [0, 0.1) is 0 Å². The largest absolute Gasteiger partial charge is 0.397 e. The molecule has 0 spiro atoms. The summed E-state index contributed by atoms with van der Waals surface area (Å²) in [5.41, 5.74) is 13.0. The number of hydrogen-bond acceptors (Lipinski definition) is 3. The second-order valence-corrected chi connectivity index (χ2v) is 5.05. The van der Waals surface area contributed by atoms with Crippen LogP contribution in [-0.4, -0.2) is 23.9 Å². The molecule has 4 heteroatoms. The molecule has 1 saturated carbocycles. The van der Waals surface area contributed by atoms with Crippen molar-refractivity contribution in [1.82, 2.24) is 4.90 Å². The second kappa shape index (κ2) is 5.29. The number of anilines is 2. The predicted octanol–water partition coefficient (Wildman–Crippen LogP) is 2.26. The molecule has 0 heterocycles. The highest BCUT2D eigenvalue weighted by molar-refractivity contribution is 5.96. The third-order valence-corrected chi connectivity index (χ3v) is 3.78. The Morgan fingerprint density at radius 1 is 1.17 bits per heavy atom. The number of amides is 1. The summed E-state index contributed by atoms with van der Waals surface area (Å²) in [5, 5.41) is 0. The summed E-state index contributed by atoms with van der Waals surface area (Å²) in [4.78, 5) is 14.2. The highest BCUT2D eigenvalue weighted by atomic mass is 16.2. The van der Waals surface area contributed by atoms with Crippen LogP contribution in [0.2, 0.25) is 0 Å². The molecule has 0 aliphatic heterocycles. The SMILES string of the molecule is CN(C(=O)c1ccc(N)c(N)c1)C1CCCCC1. The third kappa shape index (κ3) is 2.58. The Hall–Kier alpha value is -1.71. The Morgan fingerprint density at radius 2 is 1.83 bits per heavy atom. The lowest BCUT2D eigenvalue weighted by molar-refractivity contribution is 0.0696. The van der Waals surface area contributed by atoms with Gasteiger partial charge in [0.1, 0.15) is 0 Å². The van der Waals surface area contributed by atoms with Crippen molar-refractivity contribution in [2.45, 2.75) is 38.1 Å². The number of nitrogens with two attached hydrogens (primary N) is 2. The predicted molar refractivity (Wildman–Crippen MR) is 74.2 cm³/mol. The van der Waals surface area contributed by atoms with Crippen molar-refractivity contribution >= 4 is 17.3 Å². The van der Waals surface area contributed by atoms with Gasteiger partial charge in [0.25, 0.3) is 5.91 Å². The lowest BCUT2D eigenvalue weighted by Crippen LogP contribution is -2.38. The van der Waals surface area contributed by atoms with Crippen LogP contribution in [0.3, 0.4) is 0 Å². The van der Waals surface area contributed by atoms with Crippen molar-refractivity contribution in [2.75, 3.05) is 18.5 Å². The summed E-state index contributed by atoms with van der Waals surface area (Å²) in [6, 6.07) is 5.46. The van der Waals surface area contributed by atoms with E-state index >= 15 is 0 Å². The van der Waals surface area contributed by atoms with Crippen LogP contribution in [0.5, 0.6) is 0 Å². The van der Waals surface area contributed by atoms with E-state index in [0.717, 1.165) is 12.8 Å². The molecule has 2 rings (SSSR count). The summed E-state index contributed by atoms with van der Waals surface area (Å²) in [5.74, 6) is 0.0357. The summed E-state index contributed by atoms with van der Waals surface area (Å²) in [7, 11) is 1.88. The standard InChI is InChI=1S/C14H21N3O/c1-17(11-5-3-2-4-6-11)14(18)10-7-8-12(15)13(16)9-10/h7-9,11H,2-6,15-16H2,1H3. The van der Waals surface area contributed by atoms with E-state index in [2.05, 4.69) is 0 Å². The highest BCUT2D eigenvalue weighted by Gasteiger charge is 2.23. The second-order valence-electron chi connectivity index (χ2n) is 5.05. The summed E-state index contributed by atoms with van der Waals surface area (Å²) in [6.07, 6.45) is 5.92. The van der Waals surface area contributed by atoms with E-state index in [1.807, 2.05) is 11.9 Å². The molecule has 0 radical (unpaired) electrons. The van der Waals surface area contributed by atoms with Crippen molar-refractivity contribution in [3.05, 3.63) is 23.8 Å². The van der Waals surface area contributed by atoms with Crippen LogP contribution in [0.1, 0.15) is 42.5 Å². The molecule has 98 valence electrons. The maximum Gasteiger partial charge on any atom is 0.253 e. The maximum absolute atomic E-state index is 12.3. The fourth-order valence-corrected chi connectivity index (χ4v) is 2.55. The normalized spacial score (nSPS) is 16.5. The molecule has 0 saturated heterocycles. The Kier molecular flexibility index (Phi) is 3.75. The van der Waals surface area contributed by atoms with Crippen LogP contribution >= 0.6 is 0 Å². The topological polar surface area (TPSA) is 72.3 Å². The average Bonchev–Trinajstić information content (AvgIpc) is 2.41. The van der Waals surface area contributed by atoms with Crippen molar-refractivity contribution in [3.8, 4) is 0 Å². The van der Waals surface area contributed by atoms with Gasteiger partial charge in [-0.05, 0) is 31.0 Å². The minimum absolute atomic E-state index is 0.0357. The van der Waals surface area contributed by atoms with Crippen LogP contribution < -0.4 is 11.5 Å². The smallest absolute Gasteiger partial charge is 0.253 e. The third-order valence-electron chi connectivity index (χ3n) is 3.78. The van der Waals surface area contributed by atoms with Crippen LogP contribution in [0.4, 0.5) is 11.4 Å². The van der Waals surface area contributed by atoms with Gasteiger partial charge in [0.05, 0.1) is 11.4 Å². The number of carbonyl (C=O) groups is 1. The van der Waals surface area contributed by atoms with Crippen LogP contribution in [0.15, 0.2) is 18.2 Å². The molecule has 0 unspecified atom stereocenters. The van der Waals surface area contributed by atoms with Crippen molar-refractivity contribution in [2.24, 2.45) is 0 Å². The first kappa shape index (κ1) is 12.7. The minimum Gasteiger partial charge on any atom is -0.397 e. The summed E-state index contributed by atoms with van der Waals surface area (Å²) < 4.78 is 0. The fraction of sp³-hybridized carbons (Fsp3) is 0.500. The van der Waals surface area contributed by atoms with E-state index in [4.69, 9.17) is 11.5 Å². The van der Waals surface area contributed by atoms with E-state index in [0.29, 0.717) is 23.0 Å². The van der Waals surface area contributed by atoms with E-state index < -0.39 is 0 Å². The quantitative estimate of drug-likeness (QED) is 0.787. The first-order valence-electron chi connectivity index (χ1n) is 6.52. The Labute approximate surface area is 108 Å². The maximum atomic E-state index is 12.3. The van der Waals surface area contributed by atoms with Gasteiger partial charge >= 0.3 is 0 Å². The van der Waals surface area contributed by atoms with Crippen molar-refractivity contribution in [3.63, 3.8) is 0 Å². The van der Waals surface area contributed by atoms with Gasteiger partial charge in [0.15, 0.2) is 0 Å². The number of rotatable bonds is 2. The molecule has 1 amide bonds. The van der Waals surface area contributed by atoms with Gasteiger partial charge < -0.3 is 16.4 Å². The average molecular weight is 247 g/mol. The van der Waals surface area contributed by atoms with E-state index in [1.165, 1.54) is 19.3 Å². The van der Waals surface area contributed by atoms with Crippen molar-refractivity contribution in [1.29, 1.82) is 0 Å². The molecule has 1 aliphatic carbocycles. The number of benzene rings is 1. The van der Waals surface area contributed by atoms with Gasteiger partial charge in [-0.15, -0.1) is 0 Å². The van der Waals surface area contributed by atoms with Gasteiger partial charge in [-0.3, -0.25) is 4.79 Å². The van der Waals surface area contributed by atoms with Gasteiger partial charge in [-0.1, -0.05) is 19.3 Å². The lowest BCUT2D eigenvalue weighted by Gasteiger charge is -2.31.